The number of benzene rings is 1. The normalized spacial score (nSPS) is 12.5. The van der Waals surface area contributed by atoms with Gasteiger partial charge in [0.05, 0.1) is 24.1 Å². The van der Waals surface area contributed by atoms with E-state index in [2.05, 4.69) is 15.5 Å². The number of nitrogens with zero attached hydrogens (tertiary/aromatic N) is 4. The van der Waals surface area contributed by atoms with Gasteiger partial charge in [0.1, 0.15) is 11.8 Å². The van der Waals surface area contributed by atoms with E-state index < -0.39 is 29.2 Å². The summed E-state index contributed by atoms with van der Waals surface area (Å²) >= 11 is 0. The van der Waals surface area contributed by atoms with Gasteiger partial charge in [-0.15, -0.1) is 5.10 Å². The number of ether oxygens (including phenoxy) is 1. The number of alkyl halides is 3. The lowest BCUT2D eigenvalue weighted by Crippen LogP contribution is -2.34. The Morgan fingerprint density at radius 3 is 2.42 bits per heavy atom. The first-order valence-electron chi connectivity index (χ1n) is 9.21. The molecule has 3 aromatic rings. The molecule has 0 unspecified atom stereocenters. The summed E-state index contributed by atoms with van der Waals surface area (Å²) in [6.07, 6.45) is -4.59. The highest BCUT2D eigenvalue weighted by Crippen LogP contribution is 2.35. The number of rotatable bonds is 5. The first-order valence-corrected chi connectivity index (χ1v) is 9.21. The zero-order valence-electron chi connectivity index (χ0n) is 17.2. The van der Waals surface area contributed by atoms with Gasteiger partial charge >= 0.3 is 6.18 Å². The maximum absolute atomic E-state index is 13.0. The lowest BCUT2D eigenvalue weighted by atomic mass is 10.1. The molecule has 0 aliphatic carbocycles. The van der Waals surface area contributed by atoms with Gasteiger partial charge in [-0.25, -0.2) is 9.36 Å². The molecule has 8 nitrogen and oxygen atoms in total. The predicted molar refractivity (Wildman–Crippen MR) is 106 cm³/mol. The van der Waals surface area contributed by atoms with Crippen molar-refractivity contribution >= 4 is 11.6 Å². The summed E-state index contributed by atoms with van der Waals surface area (Å²) in [6, 6.07) is 6.15. The molecule has 0 spiro atoms. The molecule has 0 fully saturated rings. The highest BCUT2D eigenvalue weighted by Gasteiger charge is 2.31. The zero-order valence-corrected chi connectivity index (χ0v) is 17.2. The van der Waals surface area contributed by atoms with Gasteiger partial charge in [-0.1, -0.05) is 0 Å². The number of hydrogen-bond acceptors (Lipinski definition) is 5. The first-order chi connectivity index (χ1) is 14.5. The van der Waals surface area contributed by atoms with Crippen molar-refractivity contribution in [1.82, 2.24) is 19.6 Å². The molecule has 0 radical (unpaired) electrons. The van der Waals surface area contributed by atoms with Gasteiger partial charge in [0.25, 0.3) is 5.56 Å². The van der Waals surface area contributed by atoms with Crippen LogP contribution in [0.5, 0.6) is 5.75 Å². The molecule has 11 heteroatoms. The smallest absolute Gasteiger partial charge is 0.416 e. The van der Waals surface area contributed by atoms with Crippen molar-refractivity contribution in [3.05, 3.63) is 63.7 Å². The molecule has 0 aliphatic heterocycles. The van der Waals surface area contributed by atoms with Crippen LogP contribution in [0.2, 0.25) is 0 Å². The number of aryl methyl sites for hydroxylation is 2. The second kappa shape index (κ2) is 8.25. The zero-order chi connectivity index (χ0) is 22.9. The predicted octanol–water partition coefficient (Wildman–Crippen LogP) is 3.27. The largest absolute Gasteiger partial charge is 0.495 e. The van der Waals surface area contributed by atoms with Crippen LogP contribution in [0, 0.1) is 13.8 Å². The van der Waals surface area contributed by atoms with Crippen LogP contribution in [-0.2, 0) is 11.0 Å². The Hall–Kier alpha value is -3.63. The van der Waals surface area contributed by atoms with Gasteiger partial charge < -0.3 is 10.1 Å². The molecule has 2 aromatic heterocycles. The maximum Gasteiger partial charge on any atom is 0.416 e. The molecule has 1 N–H and O–H groups in total. The van der Waals surface area contributed by atoms with Crippen molar-refractivity contribution in [2.75, 3.05) is 12.4 Å². The Labute approximate surface area is 175 Å². The molecule has 2 heterocycles. The summed E-state index contributed by atoms with van der Waals surface area (Å²) in [6.45, 7) is 5.03. The Morgan fingerprint density at radius 1 is 1.13 bits per heavy atom. The van der Waals surface area contributed by atoms with E-state index in [0.717, 1.165) is 34.3 Å². The molecule has 164 valence electrons. The third-order valence-corrected chi connectivity index (χ3v) is 4.57. The minimum absolute atomic E-state index is 0.0465. The molecule has 0 bridgehead atoms. The molecular formula is C20H20F3N5O3. The molecule has 0 saturated carbocycles. The van der Waals surface area contributed by atoms with Crippen molar-refractivity contribution in [2.45, 2.75) is 33.0 Å². The molecule has 1 aromatic carbocycles. The molecular weight excluding hydrogens is 415 g/mol. The Morgan fingerprint density at radius 2 is 1.84 bits per heavy atom. The maximum atomic E-state index is 13.0. The van der Waals surface area contributed by atoms with Crippen molar-refractivity contribution in [1.29, 1.82) is 0 Å². The van der Waals surface area contributed by atoms with Gasteiger partial charge in [0, 0.05) is 11.8 Å². The second-order valence-electron chi connectivity index (χ2n) is 6.89. The molecule has 0 saturated heterocycles. The fourth-order valence-electron chi connectivity index (χ4n) is 3.00. The summed E-state index contributed by atoms with van der Waals surface area (Å²) in [5.41, 5.74) is -0.139. The number of amides is 1. The van der Waals surface area contributed by atoms with E-state index >= 15 is 0 Å². The minimum Gasteiger partial charge on any atom is -0.495 e. The van der Waals surface area contributed by atoms with Crippen LogP contribution in [0.25, 0.3) is 5.82 Å². The van der Waals surface area contributed by atoms with Gasteiger partial charge in [0.15, 0.2) is 5.82 Å². The molecule has 3 rings (SSSR count). The molecule has 1 amide bonds. The number of anilines is 1. The van der Waals surface area contributed by atoms with Crippen LogP contribution in [0.1, 0.15) is 29.9 Å². The van der Waals surface area contributed by atoms with Crippen molar-refractivity contribution in [3.63, 3.8) is 0 Å². The van der Waals surface area contributed by atoms with Crippen molar-refractivity contribution in [3.8, 4) is 11.6 Å². The number of halogens is 3. The summed E-state index contributed by atoms with van der Waals surface area (Å²) in [5, 5.41) is 10.9. The average Bonchev–Trinajstić information content (AvgIpc) is 3.05. The fourth-order valence-corrected chi connectivity index (χ4v) is 3.00. The van der Waals surface area contributed by atoms with E-state index in [-0.39, 0.29) is 11.4 Å². The van der Waals surface area contributed by atoms with Crippen LogP contribution < -0.4 is 15.6 Å². The van der Waals surface area contributed by atoms with E-state index in [1.54, 1.807) is 6.92 Å². The number of aromatic nitrogens is 4. The van der Waals surface area contributed by atoms with Crippen molar-refractivity contribution < 1.29 is 22.7 Å². The summed E-state index contributed by atoms with van der Waals surface area (Å²) in [5.74, 6) is -0.371. The average molecular weight is 435 g/mol. The summed E-state index contributed by atoms with van der Waals surface area (Å²) in [7, 11) is 1.27. The van der Waals surface area contributed by atoms with Crippen LogP contribution in [0.3, 0.4) is 0 Å². The van der Waals surface area contributed by atoms with E-state index in [1.807, 2.05) is 13.0 Å². The topological polar surface area (TPSA) is 91.0 Å². The van der Waals surface area contributed by atoms with Crippen molar-refractivity contribution in [2.24, 2.45) is 0 Å². The highest BCUT2D eigenvalue weighted by molar-refractivity contribution is 5.94. The number of carbonyl (C=O) groups excluding carboxylic acids is 1. The Bertz CT molecular complexity index is 1180. The van der Waals surface area contributed by atoms with Gasteiger partial charge in [-0.05, 0) is 51.1 Å². The Kier molecular flexibility index (Phi) is 5.87. The van der Waals surface area contributed by atoms with Crippen LogP contribution in [-0.4, -0.2) is 32.6 Å². The van der Waals surface area contributed by atoms with Crippen LogP contribution >= 0.6 is 0 Å². The van der Waals surface area contributed by atoms with E-state index in [9.17, 15) is 22.8 Å². The lowest BCUT2D eigenvalue weighted by Gasteiger charge is -2.17. The van der Waals surface area contributed by atoms with E-state index in [0.29, 0.717) is 5.82 Å². The van der Waals surface area contributed by atoms with E-state index in [1.165, 1.54) is 30.8 Å². The number of nitrogens with one attached hydrogen (secondary N) is 1. The SMILES string of the molecule is COc1ccc(C(F)(F)F)cc1NC(=O)[C@H](C)n1nc(-n2nc(C)cc2C)ccc1=O. The highest BCUT2D eigenvalue weighted by atomic mass is 19.4. The fraction of sp³-hybridized carbons (Fsp3) is 0.300. The second-order valence-corrected chi connectivity index (χ2v) is 6.89. The number of carbonyl (C=O) groups is 1. The standard InChI is InChI=1S/C20H20F3N5O3/c1-11-9-12(2)27(25-11)17-7-8-18(29)28(26-17)13(3)19(30)24-15-10-14(20(21,22)23)5-6-16(15)31-4/h5-10,13H,1-4H3,(H,24,30)/t13-/m0/s1. The van der Waals surface area contributed by atoms with Gasteiger partial charge in [-0.3, -0.25) is 9.59 Å². The quantitative estimate of drug-likeness (QED) is 0.664. The lowest BCUT2D eigenvalue weighted by molar-refractivity contribution is -0.137. The number of hydrogen-bond donors (Lipinski definition) is 1. The third kappa shape index (κ3) is 4.60. The molecule has 31 heavy (non-hydrogen) atoms. The minimum atomic E-state index is -4.59. The first kappa shape index (κ1) is 22.1. The van der Waals surface area contributed by atoms with Gasteiger partial charge in [-0.2, -0.15) is 18.3 Å². The number of methoxy groups -OCH3 is 1. The summed E-state index contributed by atoms with van der Waals surface area (Å²) in [4.78, 5) is 25.1. The third-order valence-electron chi connectivity index (χ3n) is 4.57. The van der Waals surface area contributed by atoms with Crippen LogP contribution in [0.4, 0.5) is 18.9 Å². The molecule has 1 atom stereocenters. The Balaban J connectivity index is 1.93. The van der Waals surface area contributed by atoms with Gasteiger partial charge in [0.2, 0.25) is 5.91 Å². The summed E-state index contributed by atoms with van der Waals surface area (Å²) < 4.78 is 46.6. The molecule has 0 aliphatic rings. The monoisotopic (exact) mass is 435 g/mol. The van der Waals surface area contributed by atoms with E-state index in [4.69, 9.17) is 4.74 Å². The van der Waals surface area contributed by atoms with Crippen LogP contribution in [0.15, 0.2) is 41.2 Å².